The minimum Gasteiger partial charge on any atom is -0.469 e. The van der Waals surface area contributed by atoms with Gasteiger partial charge in [-0.05, 0) is 67.3 Å². The number of aromatic nitrogens is 3. The number of methoxy groups -OCH3 is 1. The molecule has 1 saturated heterocycles. The van der Waals surface area contributed by atoms with E-state index in [0.717, 1.165) is 17.7 Å². The Bertz CT molecular complexity index is 2040. The quantitative estimate of drug-likeness (QED) is 0.150. The van der Waals surface area contributed by atoms with Crippen molar-refractivity contribution in [2.45, 2.75) is 32.0 Å². The zero-order chi connectivity index (χ0) is 33.7. The third-order valence-corrected chi connectivity index (χ3v) is 9.33. The van der Waals surface area contributed by atoms with Gasteiger partial charge in [0.2, 0.25) is 0 Å². The second-order valence-electron chi connectivity index (χ2n) is 12.1. The molecule has 2 aliphatic heterocycles. The second kappa shape index (κ2) is 12.1. The maximum Gasteiger partial charge on any atom is 0.416 e. The lowest BCUT2D eigenvalue weighted by atomic mass is 9.93. The van der Waals surface area contributed by atoms with Crippen LogP contribution in [0.2, 0.25) is 0 Å². The molecule has 0 N–H and O–H groups in total. The number of carbonyl (C=O) groups excluding carboxylic acids is 2. The number of carbonyl (C=O) groups is 2. The summed E-state index contributed by atoms with van der Waals surface area (Å²) in [5.74, 6) is -1.47. The van der Waals surface area contributed by atoms with Crippen LogP contribution in [0.3, 0.4) is 0 Å². The summed E-state index contributed by atoms with van der Waals surface area (Å²) in [6, 6.07) is 20.1. The normalized spacial score (nSPS) is 17.9. The van der Waals surface area contributed by atoms with Crippen molar-refractivity contribution >= 4 is 23.2 Å². The highest BCUT2D eigenvalue weighted by molar-refractivity contribution is 5.94. The zero-order valence-electron chi connectivity index (χ0n) is 26.2. The summed E-state index contributed by atoms with van der Waals surface area (Å²) in [5.41, 5.74) is 3.47. The van der Waals surface area contributed by atoms with Gasteiger partial charge in [0.1, 0.15) is 11.5 Å². The minimum atomic E-state index is -4.52. The predicted molar refractivity (Wildman–Crippen MR) is 171 cm³/mol. The van der Waals surface area contributed by atoms with Crippen molar-refractivity contribution in [3.05, 3.63) is 107 Å². The highest BCUT2D eigenvalue weighted by atomic mass is 19.4. The number of hydrogen-bond acceptors (Lipinski definition) is 6. The van der Waals surface area contributed by atoms with Gasteiger partial charge in [0.15, 0.2) is 5.65 Å². The predicted octanol–water partition coefficient (Wildman–Crippen LogP) is 6.98. The second-order valence-corrected chi connectivity index (χ2v) is 12.1. The van der Waals surface area contributed by atoms with Gasteiger partial charge < -0.3 is 14.5 Å². The number of hydrogen-bond donors (Lipinski definition) is 0. The molecule has 5 aromatic rings. The van der Waals surface area contributed by atoms with Crippen LogP contribution in [0.5, 0.6) is 0 Å². The molecule has 48 heavy (non-hydrogen) atoms. The Morgan fingerprint density at radius 1 is 0.958 bits per heavy atom. The Morgan fingerprint density at radius 2 is 1.73 bits per heavy atom. The summed E-state index contributed by atoms with van der Waals surface area (Å²) in [4.78, 5) is 34.3. The molecule has 7 rings (SSSR count). The summed E-state index contributed by atoms with van der Waals surface area (Å²) < 4.78 is 62.1. The lowest BCUT2D eigenvalue weighted by Gasteiger charge is -2.35. The number of nitrogens with zero attached hydrogens (tertiary/aromatic N) is 5. The van der Waals surface area contributed by atoms with Crippen LogP contribution in [0.15, 0.2) is 78.9 Å². The monoisotopic (exact) mass is 657 g/mol. The largest absolute Gasteiger partial charge is 0.469 e. The number of anilines is 1. The van der Waals surface area contributed by atoms with Crippen molar-refractivity contribution in [3.8, 4) is 22.5 Å². The van der Waals surface area contributed by atoms with Gasteiger partial charge in [-0.3, -0.25) is 9.59 Å². The molecule has 246 valence electrons. The molecule has 2 aliphatic rings. The number of halogens is 4. The third-order valence-electron chi connectivity index (χ3n) is 9.33. The first-order chi connectivity index (χ1) is 23.0. The van der Waals surface area contributed by atoms with Crippen molar-refractivity contribution in [1.82, 2.24) is 19.5 Å². The minimum absolute atomic E-state index is 0.0973. The molecular formula is C36H31F4N5O3. The average molecular weight is 658 g/mol. The lowest BCUT2D eigenvalue weighted by Crippen LogP contribution is -2.39. The molecule has 2 atom stereocenters. The van der Waals surface area contributed by atoms with Crippen molar-refractivity contribution in [2.24, 2.45) is 5.92 Å². The van der Waals surface area contributed by atoms with Gasteiger partial charge in [-0.25, -0.2) is 13.9 Å². The van der Waals surface area contributed by atoms with Crippen LogP contribution in [-0.4, -0.2) is 58.1 Å². The highest BCUT2D eigenvalue weighted by Gasteiger charge is 2.32. The van der Waals surface area contributed by atoms with Crippen molar-refractivity contribution in [1.29, 1.82) is 0 Å². The molecule has 0 saturated carbocycles. The van der Waals surface area contributed by atoms with Crippen molar-refractivity contribution < 1.29 is 31.9 Å². The molecule has 0 bridgehead atoms. The standard InChI is InChI=1S/C36H31F4N5O3/c1-21-27-6-4-3-5-22(27)14-16-44(21)34(46)31-18-32(23-7-9-25(10-8-23)36(38,39)40)45-33(41-31)19-30(42-45)28-12-11-26(17-29(28)37)43-15-13-24(20-43)35(47)48-2/h3-12,17-19,21,24H,13-16,20H2,1-2H3/t21-,24+/m1/s1. The summed E-state index contributed by atoms with van der Waals surface area (Å²) >= 11 is 0. The maximum atomic E-state index is 15.7. The van der Waals surface area contributed by atoms with Crippen molar-refractivity contribution in [2.75, 3.05) is 31.6 Å². The fourth-order valence-corrected chi connectivity index (χ4v) is 6.71. The van der Waals surface area contributed by atoms with Crippen LogP contribution in [0.1, 0.15) is 46.6 Å². The topological polar surface area (TPSA) is 80.0 Å². The molecule has 3 aromatic carbocycles. The van der Waals surface area contributed by atoms with Gasteiger partial charge in [0.05, 0.1) is 36.0 Å². The Labute approximate surface area is 273 Å². The van der Waals surface area contributed by atoms with Crippen LogP contribution in [0.25, 0.3) is 28.2 Å². The van der Waals surface area contributed by atoms with Crippen LogP contribution < -0.4 is 4.90 Å². The van der Waals surface area contributed by atoms with Gasteiger partial charge in [-0.15, -0.1) is 0 Å². The average Bonchev–Trinajstić information content (AvgIpc) is 3.75. The molecule has 4 heterocycles. The summed E-state index contributed by atoms with van der Waals surface area (Å²) in [6.07, 6.45) is -3.25. The molecule has 8 nitrogen and oxygen atoms in total. The first-order valence-electron chi connectivity index (χ1n) is 15.6. The maximum absolute atomic E-state index is 15.7. The van der Waals surface area contributed by atoms with E-state index >= 15 is 4.39 Å². The molecule has 1 amide bonds. The van der Waals surface area contributed by atoms with E-state index in [1.54, 1.807) is 23.1 Å². The van der Waals surface area contributed by atoms with E-state index in [9.17, 15) is 22.8 Å². The van der Waals surface area contributed by atoms with Crippen molar-refractivity contribution in [3.63, 3.8) is 0 Å². The highest BCUT2D eigenvalue weighted by Crippen LogP contribution is 2.35. The van der Waals surface area contributed by atoms with Crippen LogP contribution in [0, 0.1) is 11.7 Å². The molecule has 12 heteroatoms. The SMILES string of the molecule is COC(=O)[C@H]1CCN(c2ccc(-c3cc4nc(C(=O)N5CCc6ccccc6[C@H]5C)cc(-c5ccc(C(F)(F)F)cc5)n4n3)c(F)c2)C1. The van der Waals surface area contributed by atoms with Gasteiger partial charge in [-0.2, -0.15) is 18.3 Å². The fraction of sp³-hybridized carbons (Fsp3) is 0.278. The summed E-state index contributed by atoms with van der Waals surface area (Å²) in [5, 5.41) is 4.61. The molecule has 1 fully saturated rings. The van der Waals surface area contributed by atoms with E-state index in [1.807, 2.05) is 36.1 Å². The van der Waals surface area contributed by atoms with Gasteiger partial charge >= 0.3 is 12.1 Å². The summed E-state index contributed by atoms with van der Waals surface area (Å²) in [6.45, 7) is 3.41. The fourth-order valence-electron chi connectivity index (χ4n) is 6.71. The Balaban J connectivity index is 1.27. The van der Waals surface area contributed by atoms with E-state index in [1.165, 1.54) is 41.5 Å². The first-order valence-corrected chi connectivity index (χ1v) is 15.6. The molecular weight excluding hydrogens is 626 g/mol. The Hall–Kier alpha value is -5.26. The number of esters is 1. The molecule has 0 spiro atoms. The van der Waals surface area contributed by atoms with E-state index < -0.39 is 17.6 Å². The summed E-state index contributed by atoms with van der Waals surface area (Å²) in [7, 11) is 1.35. The van der Waals surface area contributed by atoms with Crippen LogP contribution in [0.4, 0.5) is 23.2 Å². The van der Waals surface area contributed by atoms with E-state index in [4.69, 9.17) is 4.74 Å². The number of fused-ring (bicyclic) bond motifs is 2. The third kappa shape index (κ3) is 5.65. The van der Waals surface area contributed by atoms with Crippen LogP contribution >= 0.6 is 0 Å². The number of ether oxygens (including phenoxy) is 1. The smallest absolute Gasteiger partial charge is 0.416 e. The molecule has 0 radical (unpaired) electrons. The number of amides is 1. The van der Waals surface area contributed by atoms with E-state index in [2.05, 4.69) is 10.1 Å². The zero-order valence-corrected chi connectivity index (χ0v) is 26.2. The molecule has 0 aliphatic carbocycles. The van der Waals surface area contributed by atoms with E-state index in [0.29, 0.717) is 49.4 Å². The first kappa shape index (κ1) is 31.3. The number of rotatable bonds is 5. The van der Waals surface area contributed by atoms with Gasteiger partial charge in [0, 0.05) is 42.5 Å². The molecule has 0 unspecified atom stereocenters. The van der Waals surface area contributed by atoms with Gasteiger partial charge in [0.25, 0.3) is 5.91 Å². The lowest BCUT2D eigenvalue weighted by molar-refractivity contribution is -0.144. The Morgan fingerprint density at radius 3 is 2.46 bits per heavy atom. The molecule has 2 aromatic heterocycles. The van der Waals surface area contributed by atoms with Crippen LogP contribution in [-0.2, 0) is 22.1 Å². The number of benzene rings is 3. The Kier molecular flexibility index (Phi) is 7.89. The van der Waals surface area contributed by atoms with E-state index in [-0.39, 0.29) is 46.4 Å². The van der Waals surface area contributed by atoms with Gasteiger partial charge in [-0.1, -0.05) is 36.4 Å². The number of alkyl halides is 3.